The molecule has 0 unspecified atom stereocenters. The fourth-order valence-corrected chi connectivity index (χ4v) is 4.00. The second kappa shape index (κ2) is 10.4. The van der Waals surface area contributed by atoms with Crippen LogP contribution >= 0.6 is 0 Å². The van der Waals surface area contributed by atoms with Gasteiger partial charge in [-0.2, -0.15) is 10.1 Å². The fourth-order valence-electron chi connectivity index (χ4n) is 4.00. The predicted octanol–water partition coefficient (Wildman–Crippen LogP) is 3.97. The molecule has 3 heterocycles. The number of anilines is 4. The lowest BCUT2D eigenvalue weighted by molar-refractivity contribution is -0.111. The van der Waals surface area contributed by atoms with Crippen LogP contribution in [-0.4, -0.2) is 52.0 Å². The van der Waals surface area contributed by atoms with E-state index in [1.807, 2.05) is 48.0 Å². The molecule has 1 fully saturated rings. The number of fused-ring (bicyclic) bond motifs is 1. The summed E-state index contributed by atoms with van der Waals surface area (Å²) in [7, 11) is 0. The number of rotatable bonds is 7. The summed E-state index contributed by atoms with van der Waals surface area (Å²) in [5.41, 5.74) is 4.56. The molecule has 2 N–H and O–H groups in total. The van der Waals surface area contributed by atoms with Crippen LogP contribution in [0.5, 0.6) is 0 Å². The lowest BCUT2D eigenvalue weighted by atomic mass is 10.2. The maximum atomic E-state index is 11.9. The topological polar surface area (TPSA) is 97.2 Å². The van der Waals surface area contributed by atoms with Gasteiger partial charge in [-0.25, -0.2) is 9.67 Å². The van der Waals surface area contributed by atoms with E-state index in [4.69, 9.17) is 9.72 Å². The van der Waals surface area contributed by atoms with Gasteiger partial charge in [0.2, 0.25) is 11.9 Å². The Bertz CT molecular complexity index is 1340. The van der Waals surface area contributed by atoms with Gasteiger partial charge < -0.3 is 20.3 Å². The average molecular weight is 470 g/mol. The van der Waals surface area contributed by atoms with Crippen molar-refractivity contribution < 1.29 is 9.53 Å². The van der Waals surface area contributed by atoms with Crippen LogP contribution in [0.1, 0.15) is 12.5 Å². The van der Waals surface area contributed by atoms with Crippen molar-refractivity contribution in [2.24, 2.45) is 0 Å². The number of ether oxygens (including phenoxy) is 1. The fraction of sp³-hybridized carbons (Fsp3) is 0.231. The Morgan fingerprint density at radius 1 is 1.09 bits per heavy atom. The van der Waals surface area contributed by atoms with Crippen molar-refractivity contribution >= 4 is 40.0 Å². The SMILES string of the molecule is CC=CC(=O)Nc1cccc(Cn2ncc3cnc(Nc4ccc(N5CCOCC5)cc4)nc32)c1. The molecule has 4 aromatic rings. The number of hydrogen-bond acceptors (Lipinski definition) is 7. The number of benzene rings is 2. The van der Waals surface area contributed by atoms with Crippen molar-refractivity contribution in [2.45, 2.75) is 13.5 Å². The van der Waals surface area contributed by atoms with Crippen LogP contribution < -0.4 is 15.5 Å². The first kappa shape index (κ1) is 22.5. The molecule has 9 nitrogen and oxygen atoms in total. The van der Waals surface area contributed by atoms with E-state index < -0.39 is 0 Å². The van der Waals surface area contributed by atoms with Gasteiger partial charge in [0, 0.05) is 36.3 Å². The van der Waals surface area contributed by atoms with Gasteiger partial charge in [0.25, 0.3) is 0 Å². The summed E-state index contributed by atoms with van der Waals surface area (Å²) in [6.45, 7) is 5.66. The van der Waals surface area contributed by atoms with Crippen molar-refractivity contribution in [1.29, 1.82) is 0 Å². The summed E-state index contributed by atoms with van der Waals surface area (Å²) in [5.74, 6) is 0.348. The number of amides is 1. The van der Waals surface area contributed by atoms with Crippen LogP contribution in [0.2, 0.25) is 0 Å². The highest BCUT2D eigenvalue weighted by Gasteiger charge is 2.12. The zero-order chi connectivity index (χ0) is 24.0. The number of nitrogens with one attached hydrogen (secondary N) is 2. The molecule has 2 aromatic heterocycles. The maximum absolute atomic E-state index is 11.9. The first-order valence-corrected chi connectivity index (χ1v) is 11.6. The third-order valence-corrected chi connectivity index (χ3v) is 5.72. The minimum atomic E-state index is -0.157. The summed E-state index contributed by atoms with van der Waals surface area (Å²) in [6, 6.07) is 16.0. The van der Waals surface area contributed by atoms with Gasteiger partial charge in [0.1, 0.15) is 0 Å². The molecule has 0 spiro atoms. The van der Waals surface area contributed by atoms with E-state index in [9.17, 15) is 4.79 Å². The van der Waals surface area contributed by atoms with Gasteiger partial charge in [0.05, 0.1) is 31.3 Å². The van der Waals surface area contributed by atoms with Gasteiger partial charge in [-0.1, -0.05) is 18.2 Å². The Morgan fingerprint density at radius 2 is 1.91 bits per heavy atom. The molecule has 178 valence electrons. The van der Waals surface area contributed by atoms with Gasteiger partial charge >= 0.3 is 0 Å². The predicted molar refractivity (Wildman–Crippen MR) is 137 cm³/mol. The molecular formula is C26H27N7O2. The Labute approximate surface area is 203 Å². The molecule has 1 aliphatic rings. The molecule has 0 aliphatic carbocycles. The monoisotopic (exact) mass is 469 g/mol. The van der Waals surface area contributed by atoms with Gasteiger partial charge in [-0.05, 0) is 55.0 Å². The number of nitrogens with zero attached hydrogens (tertiary/aromatic N) is 5. The van der Waals surface area contributed by atoms with E-state index in [0.717, 1.165) is 54.3 Å². The van der Waals surface area contributed by atoms with E-state index in [2.05, 4.69) is 37.7 Å². The van der Waals surface area contributed by atoms with Crippen molar-refractivity contribution in [1.82, 2.24) is 19.7 Å². The zero-order valence-corrected chi connectivity index (χ0v) is 19.5. The molecule has 0 bridgehead atoms. The van der Waals surface area contributed by atoms with Crippen LogP contribution in [0.25, 0.3) is 11.0 Å². The Morgan fingerprint density at radius 3 is 2.71 bits per heavy atom. The highest BCUT2D eigenvalue weighted by Crippen LogP contribution is 2.22. The lowest BCUT2D eigenvalue weighted by Crippen LogP contribution is -2.36. The van der Waals surface area contributed by atoms with Crippen LogP contribution in [0.15, 0.2) is 73.1 Å². The highest BCUT2D eigenvalue weighted by molar-refractivity contribution is 5.99. The van der Waals surface area contributed by atoms with E-state index in [0.29, 0.717) is 12.5 Å². The third-order valence-electron chi connectivity index (χ3n) is 5.72. The van der Waals surface area contributed by atoms with Crippen molar-refractivity contribution in [3.8, 4) is 0 Å². The van der Waals surface area contributed by atoms with Crippen LogP contribution in [0.4, 0.5) is 23.0 Å². The summed E-state index contributed by atoms with van der Waals surface area (Å²) in [5, 5.41) is 11.5. The minimum Gasteiger partial charge on any atom is -0.378 e. The summed E-state index contributed by atoms with van der Waals surface area (Å²) < 4.78 is 7.26. The quantitative estimate of drug-likeness (QED) is 0.395. The van der Waals surface area contributed by atoms with E-state index in [1.165, 1.54) is 11.8 Å². The molecule has 1 amide bonds. The maximum Gasteiger partial charge on any atom is 0.248 e. The lowest BCUT2D eigenvalue weighted by Gasteiger charge is -2.28. The number of aromatic nitrogens is 4. The summed E-state index contributed by atoms with van der Waals surface area (Å²) in [6.07, 6.45) is 6.73. The molecule has 5 rings (SSSR count). The Kier molecular flexibility index (Phi) is 6.67. The van der Waals surface area contributed by atoms with Gasteiger partial charge in [-0.15, -0.1) is 0 Å². The van der Waals surface area contributed by atoms with Crippen molar-refractivity contribution in [3.63, 3.8) is 0 Å². The molecule has 0 atom stereocenters. The van der Waals surface area contributed by atoms with Crippen molar-refractivity contribution in [3.05, 3.63) is 78.6 Å². The van der Waals surface area contributed by atoms with E-state index in [1.54, 1.807) is 18.5 Å². The first-order valence-electron chi connectivity index (χ1n) is 11.6. The summed E-state index contributed by atoms with van der Waals surface area (Å²) >= 11 is 0. The largest absolute Gasteiger partial charge is 0.378 e. The molecule has 9 heteroatoms. The summed E-state index contributed by atoms with van der Waals surface area (Å²) in [4.78, 5) is 23.3. The van der Waals surface area contributed by atoms with Crippen LogP contribution in [-0.2, 0) is 16.1 Å². The van der Waals surface area contributed by atoms with Gasteiger partial charge in [0.15, 0.2) is 5.65 Å². The number of carbonyl (C=O) groups is 1. The number of allylic oxidation sites excluding steroid dienone is 1. The molecular weight excluding hydrogens is 442 g/mol. The number of hydrogen-bond donors (Lipinski definition) is 2. The van der Waals surface area contributed by atoms with Crippen molar-refractivity contribution in [2.75, 3.05) is 41.8 Å². The van der Waals surface area contributed by atoms with E-state index in [-0.39, 0.29) is 5.91 Å². The second-order valence-corrected chi connectivity index (χ2v) is 8.24. The smallest absolute Gasteiger partial charge is 0.248 e. The Hall–Kier alpha value is -4.24. The average Bonchev–Trinajstić information content (AvgIpc) is 3.27. The first-order chi connectivity index (χ1) is 17.2. The molecule has 0 radical (unpaired) electrons. The normalized spacial score (nSPS) is 13.9. The van der Waals surface area contributed by atoms with Crippen LogP contribution in [0, 0.1) is 0 Å². The molecule has 2 aromatic carbocycles. The third kappa shape index (κ3) is 5.47. The van der Waals surface area contributed by atoms with Gasteiger partial charge in [-0.3, -0.25) is 4.79 Å². The molecule has 1 saturated heterocycles. The second-order valence-electron chi connectivity index (χ2n) is 8.24. The molecule has 35 heavy (non-hydrogen) atoms. The van der Waals surface area contributed by atoms with E-state index >= 15 is 0 Å². The minimum absolute atomic E-state index is 0.157. The highest BCUT2D eigenvalue weighted by atomic mass is 16.5. The number of carbonyl (C=O) groups excluding carboxylic acids is 1. The van der Waals surface area contributed by atoms with Crippen LogP contribution in [0.3, 0.4) is 0 Å². The standard InChI is InChI=1S/C26H27N7O2/c1-2-4-24(34)29-22-6-3-5-19(15-22)18-33-25-20(17-28-33)16-27-26(31-25)30-21-7-9-23(10-8-21)32-11-13-35-14-12-32/h2-10,15-17H,11-14,18H2,1H3,(H,29,34)(H,27,30,31). The zero-order valence-electron chi connectivity index (χ0n) is 19.5. The number of morpholine rings is 1. The molecule has 1 aliphatic heterocycles. The molecule has 0 saturated carbocycles. The Balaban J connectivity index is 1.30.